The Morgan fingerprint density at radius 1 is 1.19 bits per heavy atom. The molecule has 0 radical (unpaired) electrons. The van der Waals surface area contributed by atoms with Crippen LogP contribution in [0.4, 0.5) is 5.69 Å². The smallest absolute Gasteiger partial charge is 0.231 e. The van der Waals surface area contributed by atoms with Gasteiger partial charge in [-0.05, 0) is 34.7 Å². The number of nitrogens with zero attached hydrogens (tertiary/aromatic N) is 2. The van der Waals surface area contributed by atoms with Crippen LogP contribution in [0.25, 0.3) is 16.3 Å². The lowest BCUT2D eigenvalue weighted by atomic mass is 9.78. The molecule has 6 rings (SSSR count). The molecule has 3 heterocycles. The van der Waals surface area contributed by atoms with E-state index in [-0.39, 0.29) is 6.79 Å². The second-order valence-electron chi connectivity index (χ2n) is 8.42. The van der Waals surface area contributed by atoms with E-state index in [1.54, 1.807) is 20.4 Å². The van der Waals surface area contributed by atoms with Gasteiger partial charge in [0.25, 0.3) is 0 Å². The highest BCUT2D eigenvalue weighted by molar-refractivity contribution is 6.04. The minimum absolute atomic E-state index is 0.273. The second-order valence-corrected chi connectivity index (χ2v) is 8.42. The molecule has 1 atom stereocenters. The average molecular weight is 431 g/mol. The van der Waals surface area contributed by atoms with E-state index >= 15 is 0 Å². The summed E-state index contributed by atoms with van der Waals surface area (Å²) < 4.78 is 25.3. The van der Waals surface area contributed by atoms with Crippen LogP contribution in [0.15, 0.2) is 60.4 Å². The third kappa shape index (κ3) is 2.88. The molecule has 7 heteroatoms. The molecule has 0 bridgehead atoms. The minimum atomic E-state index is -0.500. The molecule has 0 saturated carbocycles. The maximum absolute atomic E-state index is 6.12. The van der Waals surface area contributed by atoms with Crippen molar-refractivity contribution in [2.75, 3.05) is 32.9 Å². The number of hydrogen-bond acceptors (Lipinski definition) is 6. The summed E-state index contributed by atoms with van der Waals surface area (Å²) in [5.74, 6) is 2.45. The first-order chi connectivity index (χ1) is 15.7. The molecule has 3 aromatic rings. The summed E-state index contributed by atoms with van der Waals surface area (Å²) in [6.45, 7) is 1.84. The number of ether oxygens (including phenoxy) is 4. The maximum Gasteiger partial charge on any atom is 0.231 e. The highest BCUT2D eigenvalue weighted by Gasteiger charge is 2.41. The number of fused-ring (bicyclic) bond motifs is 5. The first-order valence-electron chi connectivity index (χ1n) is 10.8. The van der Waals surface area contributed by atoms with E-state index in [1.165, 1.54) is 16.7 Å². The fourth-order valence-electron chi connectivity index (χ4n) is 5.10. The summed E-state index contributed by atoms with van der Waals surface area (Å²) >= 11 is 0. The molecule has 0 fully saturated rings. The molecule has 7 nitrogen and oxygen atoms in total. The number of methoxy groups -OCH3 is 2. The van der Waals surface area contributed by atoms with Crippen LogP contribution in [-0.4, -0.2) is 42.7 Å². The Hall–Kier alpha value is -3.45. The molecule has 2 aromatic carbocycles. The van der Waals surface area contributed by atoms with Crippen molar-refractivity contribution in [3.05, 3.63) is 66.0 Å². The molecule has 2 aliphatic heterocycles. The molecule has 0 amide bonds. The molecular weight excluding hydrogens is 406 g/mol. The monoisotopic (exact) mass is 431 g/mol. The SMILES string of the molecule is COC1=CC2=C(CNc3c2ccc2cc4c(cc32)OCO4)CC1(CCn1ccnc1)OC. The van der Waals surface area contributed by atoms with Gasteiger partial charge < -0.3 is 28.8 Å². The number of benzene rings is 2. The van der Waals surface area contributed by atoms with Crippen molar-refractivity contribution in [1.29, 1.82) is 0 Å². The summed E-state index contributed by atoms with van der Waals surface area (Å²) in [7, 11) is 3.50. The van der Waals surface area contributed by atoms with Crippen LogP contribution in [0.3, 0.4) is 0 Å². The number of nitrogens with one attached hydrogen (secondary N) is 1. The van der Waals surface area contributed by atoms with Crippen LogP contribution >= 0.6 is 0 Å². The van der Waals surface area contributed by atoms with Crippen LogP contribution in [0, 0.1) is 0 Å². The van der Waals surface area contributed by atoms with E-state index in [0.717, 1.165) is 59.6 Å². The van der Waals surface area contributed by atoms with Crippen molar-refractivity contribution in [3.8, 4) is 11.5 Å². The summed E-state index contributed by atoms with van der Waals surface area (Å²) in [6, 6.07) is 8.44. The molecule has 164 valence electrons. The zero-order valence-electron chi connectivity index (χ0n) is 18.2. The van der Waals surface area contributed by atoms with Crippen LogP contribution in [0.5, 0.6) is 11.5 Å². The first-order valence-corrected chi connectivity index (χ1v) is 10.8. The van der Waals surface area contributed by atoms with Crippen LogP contribution < -0.4 is 14.8 Å². The molecule has 1 N–H and O–H groups in total. The zero-order valence-corrected chi connectivity index (χ0v) is 18.2. The van der Waals surface area contributed by atoms with Crippen LogP contribution in [0.2, 0.25) is 0 Å². The Morgan fingerprint density at radius 2 is 2.06 bits per heavy atom. The standard InChI is InChI=1S/C25H25N3O4/c1-29-23-11-19-17(12-25(23,30-2)5-7-28-8-6-26-14-28)13-27-24-18(19)4-3-16-9-21-22(10-20(16)24)32-15-31-21/h3-4,6,8-11,14,27H,5,7,12-13,15H2,1-2H3. The van der Waals surface area contributed by atoms with Gasteiger partial charge in [0, 0.05) is 56.4 Å². The van der Waals surface area contributed by atoms with Crippen LogP contribution in [-0.2, 0) is 16.0 Å². The summed E-state index contributed by atoms with van der Waals surface area (Å²) in [5, 5.41) is 5.93. The van der Waals surface area contributed by atoms with Gasteiger partial charge in [-0.1, -0.05) is 12.1 Å². The number of hydrogen-bond donors (Lipinski definition) is 1. The van der Waals surface area contributed by atoms with Gasteiger partial charge >= 0.3 is 0 Å². The van der Waals surface area contributed by atoms with Gasteiger partial charge in [0.15, 0.2) is 11.5 Å². The van der Waals surface area contributed by atoms with Gasteiger partial charge in [-0.2, -0.15) is 0 Å². The van der Waals surface area contributed by atoms with Gasteiger partial charge in [-0.25, -0.2) is 4.98 Å². The maximum atomic E-state index is 6.12. The summed E-state index contributed by atoms with van der Waals surface area (Å²) in [5.41, 5.74) is 4.33. The first kappa shape index (κ1) is 19.3. The fraction of sp³-hybridized carbons (Fsp3) is 0.320. The average Bonchev–Trinajstić information content (AvgIpc) is 3.52. The van der Waals surface area contributed by atoms with Gasteiger partial charge in [0.1, 0.15) is 11.4 Å². The number of anilines is 1. The van der Waals surface area contributed by atoms with E-state index in [1.807, 2.05) is 18.6 Å². The van der Waals surface area contributed by atoms with Crippen molar-refractivity contribution in [2.45, 2.75) is 25.0 Å². The minimum Gasteiger partial charge on any atom is -0.498 e. The molecule has 1 aliphatic carbocycles. The highest BCUT2D eigenvalue weighted by Crippen LogP contribution is 2.48. The predicted octanol–water partition coefficient (Wildman–Crippen LogP) is 4.35. The third-order valence-electron chi connectivity index (χ3n) is 6.83. The number of imidazole rings is 1. The fourth-order valence-corrected chi connectivity index (χ4v) is 5.10. The molecule has 1 aromatic heterocycles. The zero-order chi connectivity index (χ0) is 21.7. The Bertz CT molecular complexity index is 1260. The molecule has 0 saturated heterocycles. The lowest BCUT2D eigenvalue weighted by Crippen LogP contribution is -2.40. The van der Waals surface area contributed by atoms with Crippen molar-refractivity contribution in [2.24, 2.45) is 0 Å². The van der Waals surface area contributed by atoms with Crippen molar-refractivity contribution in [1.82, 2.24) is 9.55 Å². The Kier molecular flexibility index (Phi) is 4.40. The molecule has 0 spiro atoms. The molecule has 3 aliphatic rings. The number of allylic oxidation sites excluding steroid dienone is 2. The van der Waals surface area contributed by atoms with Gasteiger partial charge in [0.05, 0.1) is 19.1 Å². The van der Waals surface area contributed by atoms with E-state index in [9.17, 15) is 0 Å². The third-order valence-corrected chi connectivity index (χ3v) is 6.83. The van der Waals surface area contributed by atoms with E-state index in [2.05, 4.69) is 39.1 Å². The molecule has 32 heavy (non-hydrogen) atoms. The topological polar surface area (TPSA) is 66.8 Å². The van der Waals surface area contributed by atoms with Gasteiger partial charge in [-0.3, -0.25) is 0 Å². The van der Waals surface area contributed by atoms with Gasteiger partial charge in [0.2, 0.25) is 6.79 Å². The van der Waals surface area contributed by atoms with Gasteiger partial charge in [-0.15, -0.1) is 0 Å². The Labute approximate surface area is 186 Å². The quantitative estimate of drug-likeness (QED) is 0.648. The molecular formula is C25H25N3O4. The summed E-state index contributed by atoms with van der Waals surface area (Å²) in [4.78, 5) is 4.15. The Balaban J connectivity index is 1.40. The second kappa shape index (κ2) is 7.31. The van der Waals surface area contributed by atoms with E-state index in [0.29, 0.717) is 0 Å². The van der Waals surface area contributed by atoms with Crippen LogP contribution in [0.1, 0.15) is 18.4 Å². The van der Waals surface area contributed by atoms with Crippen molar-refractivity contribution < 1.29 is 18.9 Å². The normalized spacial score (nSPS) is 21.1. The van der Waals surface area contributed by atoms with E-state index in [4.69, 9.17) is 18.9 Å². The predicted molar refractivity (Wildman–Crippen MR) is 122 cm³/mol. The van der Waals surface area contributed by atoms with Crippen molar-refractivity contribution >= 4 is 22.0 Å². The van der Waals surface area contributed by atoms with E-state index < -0.39 is 5.60 Å². The summed E-state index contributed by atoms with van der Waals surface area (Å²) in [6.07, 6.45) is 9.34. The Morgan fingerprint density at radius 3 is 2.84 bits per heavy atom. The number of rotatable bonds is 5. The number of aromatic nitrogens is 2. The number of aryl methyl sites for hydroxylation is 1. The highest BCUT2D eigenvalue weighted by atomic mass is 16.7. The molecule has 1 unspecified atom stereocenters. The lowest BCUT2D eigenvalue weighted by molar-refractivity contribution is -0.0291. The largest absolute Gasteiger partial charge is 0.498 e. The lowest BCUT2D eigenvalue weighted by Gasteiger charge is -2.40. The van der Waals surface area contributed by atoms with Crippen molar-refractivity contribution in [3.63, 3.8) is 0 Å².